The Hall–Kier alpha value is -1.71. The second kappa shape index (κ2) is 6.28. The number of rotatable bonds is 5. The molecule has 18 heavy (non-hydrogen) atoms. The first-order chi connectivity index (χ1) is 8.40. The van der Waals surface area contributed by atoms with E-state index in [1.165, 1.54) is 0 Å². The van der Waals surface area contributed by atoms with Crippen molar-refractivity contribution >= 4 is 11.6 Å². The molecule has 0 bridgehead atoms. The van der Waals surface area contributed by atoms with E-state index in [-0.39, 0.29) is 18.6 Å². The molecule has 0 heterocycles. The minimum absolute atomic E-state index is 0.00960. The molecule has 4 heteroatoms. The predicted octanol–water partition coefficient (Wildman–Crippen LogP) is 2.12. The molecule has 1 aromatic carbocycles. The molecule has 0 aromatic heterocycles. The lowest BCUT2D eigenvalue weighted by Crippen LogP contribution is -2.39. The molecule has 0 aliphatic heterocycles. The Balaban J connectivity index is 2.47. The van der Waals surface area contributed by atoms with Crippen molar-refractivity contribution in [2.24, 2.45) is 5.92 Å². The van der Waals surface area contributed by atoms with Gasteiger partial charge in [-0.25, -0.2) is 0 Å². The van der Waals surface area contributed by atoms with E-state index in [1.807, 2.05) is 26.0 Å². The van der Waals surface area contributed by atoms with E-state index in [0.29, 0.717) is 17.4 Å². The van der Waals surface area contributed by atoms with Crippen molar-refractivity contribution in [2.75, 3.05) is 12.3 Å². The highest BCUT2D eigenvalue weighted by molar-refractivity contribution is 5.78. The van der Waals surface area contributed by atoms with Gasteiger partial charge in [0.2, 0.25) is 0 Å². The summed E-state index contributed by atoms with van der Waals surface area (Å²) in [7, 11) is 0. The van der Waals surface area contributed by atoms with Crippen LogP contribution in [0.25, 0.3) is 0 Å². The number of benzene rings is 1. The zero-order valence-corrected chi connectivity index (χ0v) is 11.5. The summed E-state index contributed by atoms with van der Waals surface area (Å²) < 4.78 is 5.40. The molecule has 1 rings (SSSR count). The molecule has 0 fully saturated rings. The normalized spacial score (nSPS) is 12.3. The van der Waals surface area contributed by atoms with Crippen LogP contribution in [0.15, 0.2) is 18.2 Å². The maximum Gasteiger partial charge on any atom is 0.258 e. The van der Waals surface area contributed by atoms with E-state index < -0.39 is 0 Å². The van der Waals surface area contributed by atoms with Crippen molar-refractivity contribution < 1.29 is 9.53 Å². The Morgan fingerprint density at radius 1 is 1.39 bits per heavy atom. The van der Waals surface area contributed by atoms with Crippen molar-refractivity contribution in [3.05, 3.63) is 23.8 Å². The van der Waals surface area contributed by atoms with E-state index in [4.69, 9.17) is 10.5 Å². The molecule has 1 amide bonds. The minimum Gasteiger partial charge on any atom is -0.482 e. The number of nitrogens with two attached hydrogens (primary N) is 1. The smallest absolute Gasteiger partial charge is 0.258 e. The lowest BCUT2D eigenvalue weighted by atomic mass is 10.1. The molecule has 4 nitrogen and oxygen atoms in total. The van der Waals surface area contributed by atoms with Gasteiger partial charge in [-0.15, -0.1) is 0 Å². The second-order valence-electron chi connectivity index (χ2n) is 4.93. The fourth-order valence-electron chi connectivity index (χ4n) is 1.40. The maximum atomic E-state index is 11.6. The largest absolute Gasteiger partial charge is 0.482 e. The van der Waals surface area contributed by atoms with Gasteiger partial charge in [0, 0.05) is 6.04 Å². The van der Waals surface area contributed by atoms with Gasteiger partial charge < -0.3 is 15.8 Å². The second-order valence-corrected chi connectivity index (χ2v) is 4.93. The SMILES string of the molecule is Cc1ccc(OCC(=O)NC(C)C(C)C)c(N)c1. The third-order valence-electron chi connectivity index (χ3n) is 2.91. The first kappa shape index (κ1) is 14.4. The van der Waals surface area contributed by atoms with E-state index in [0.717, 1.165) is 5.56 Å². The zero-order valence-electron chi connectivity index (χ0n) is 11.5. The van der Waals surface area contributed by atoms with Crippen LogP contribution in [0.1, 0.15) is 26.3 Å². The number of hydrogen-bond acceptors (Lipinski definition) is 3. The predicted molar refractivity (Wildman–Crippen MR) is 73.5 cm³/mol. The van der Waals surface area contributed by atoms with Crippen LogP contribution in [-0.4, -0.2) is 18.6 Å². The highest BCUT2D eigenvalue weighted by atomic mass is 16.5. The standard InChI is InChI=1S/C14H22N2O2/c1-9(2)11(4)16-14(17)8-18-13-6-5-10(3)7-12(13)15/h5-7,9,11H,8,15H2,1-4H3,(H,16,17). The van der Waals surface area contributed by atoms with Crippen LogP contribution in [-0.2, 0) is 4.79 Å². The lowest BCUT2D eigenvalue weighted by Gasteiger charge is -2.17. The summed E-state index contributed by atoms with van der Waals surface area (Å²) in [5, 5.41) is 2.88. The van der Waals surface area contributed by atoms with Crippen LogP contribution in [0.5, 0.6) is 5.75 Å². The monoisotopic (exact) mass is 250 g/mol. The fourth-order valence-corrected chi connectivity index (χ4v) is 1.40. The van der Waals surface area contributed by atoms with Crippen molar-refractivity contribution in [1.29, 1.82) is 0 Å². The highest BCUT2D eigenvalue weighted by Crippen LogP contribution is 2.21. The average Bonchev–Trinajstić information content (AvgIpc) is 2.27. The number of ether oxygens (including phenoxy) is 1. The highest BCUT2D eigenvalue weighted by Gasteiger charge is 2.11. The third kappa shape index (κ3) is 4.28. The summed E-state index contributed by atoms with van der Waals surface area (Å²) in [6.07, 6.45) is 0. The fraction of sp³-hybridized carbons (Fsp3) is 0.500. The van der Waals surface area contributed by atoms with Gasteiger partial charge in [0.1, 0.15) is 5.75 Å². The molecule has 1 aromatic rings. The minimum atomic E-state index is -0.129. The lowest BCUT2D eigenvalue weighted by molar-refractivity contribution is -0.123. The van der Waals surface area contributed by atoms with Crippen molar-refractivity contribution in [2.45, 2.75) is 33.7 Å². The Kier molecular flexibility index (Phi) is 5.01. The molecule has 3 N–H and O–H groups in total. The Morgan fingerprint density at radius 2 is 2.06 bits per heavy atom. The zero-order chi connectivity index (χ0) is 13.7. The third-order valence-corrected chi connectivity index (χ3v) is 2.91. The molecule has 0 radical (unpaired) electrons. The van der Waals surface area contributed by atoms with Gasteiger partial charge in [0.25, 0.3) is 5.91 Å². The van der Waals surface area contributed by atoms with Crippen molar-refractivity contribution in [3.63, 3.8) is 0 Å². The molecule has 0 aliphatic carbocycles. The van der Waals surface area contributed by atoms with Crippen molar-refractivity contribution in [1.82, 2.24) is 5.32 Å². The maximum absolute atomic E-state index is 11.6. The van der Waals surface area contributed by atoms with Crippen molar-refractivity contribution in [3.8, 4) is 5.75 Å². The molecule has 1 unspecified atom stereocenters. The van der Waals surface area contributed by atoms with Crippen LogP contribution in [0, 0.1) is 12.8 Å². The van der Waals surface area contributed by atoms with E-state index in [1.54, 1.807) is 6.07 Å². The quantitative estimate of drug-likeness (QED) is 0.787. The van der Waals surface area contributed by atoms with E-state index in [9.17, 15) is 4.79 Å². The van der Waals surface area contributed by atoms with Gasteiger partial charge in [-0.05, 0) is 37.5 Å². The number of carbonyl (C=O) groups excluding carboxylic acids is 1. The number of aryl methyl sites for hydroxylation is 1. The molecule has 0 aliphatic rings. The van der Waals surface area contributed by atoms with Gasteiger partial charge in [0.15, 0.2) is 6.61 Å². The van der Waals surface area contributed by atoms with Crippen LogP contribution in [0.2, 0.25) is 0 Å². The molecular formula is C14H22N2O2. The van der Waals surface area contributed by atoms with Gasteiger partial charge in [-0.2, -0.15) is 0 Å². The first-order valence-electron chi connectivity index (χ1n) is 6.18. The van der Waals surface area contributed by atoms with Crippen LogP contribution in [0.4, 0.5) is 5.69 Å². The molecule has 0 saturated carbocycles. The number of amides is 1. The van der Waals surface area contributed by atoms with Gasteiger partial charge >= 0.3 is 0 Å². The summed E-state index contributed by atoms with van der Waals surface area (Å²) >= 11 is 0. The van der Waals surface area contributed by atoms with E-state index >= 15 is 0 Å². The van der Waals surface area contributed by atoms with Gasteiger partial charge in [0.05, 0.1) is 5.69 Å². The summed E-state index contributed by atoms with van der Waals surface area (Å²) in [4.78, 5) is 11.6. The Labute approximate surface area is 109 Å². The summed E-state index contributed by atoms with van der Waals surface area (Å²) in [6.45, 7) is 8.04. The number of anilines is 1. The number of nitrogen functional groups attached to an aromatic ring is 1. The first-order valence-corrected chi connectivity index (χ1v) is 6.18. The van der Waals surface area contributed by atoms with Gasteiger partial charge in [-0.3, -0.25) is 4.79 Å². The summed E-state index contributed by atoms with van der Waals surface area (Å²) in [5.74, 6) is 0.822. The summed E-state index contributed by atoms with van der Waals surface area (Å²) in [5.41, 5.74) is 7.42. The number of hydrogen-bond donors (Lipinski definition) is 2. The molecule has 0 spiro atoms. The van der Waals surface area contributed by atoms with Gasteiger partial charge in [-0.1, -0.05) is 19.9 Å². The van der Waals surface area contributed by atoms with Crippen LogP contribution in [0.3, 0.4) is 0 Å². The molecule has 0 saturated heterocycles. The molecule has 100 valence electrons. The van der Waals surface area contributed by atoms with Crippen LogP contribution >= 0.6 is 0 Å². The Morgan fingerprint density at radius 3 is 2.61 bits per heavy atom. The van der Waals surface area contributed by atoms with Crippen LogP contribution < -0.4 is 15.8 Å². The Bertz CT molecular complexity index is 416. The average molecular weight is 250 g/mol. The molecular weight excluding hydrogens is 228 g/mol. The summed E-state index contributed by atoms with van der Waals surface area (Å²) in [6, 6.07) is 5.64. The number of nitrogens with one attached hydrogen (secondary N) is 1. The number of carbonyl (C=O) groups is 1. The topological polar surface area (TPSA) is 64.3 Å². The molecule has 1 atom stereocenters. The van der Waals surface area contributed by atoms with E-state index in [2.05, 4.69) is 19.2 Å².